The summed E-state index contributed by atoms with van der Waals surface area (Å²) in [5, 5.41) is 0. The quantitative estimate of drug-likeness (QED) is 0.342. The Balaban J connectivity index is 2.29. The number of halogens is 2. The van der Waals surface area contributed by atoms with Gasteiger partial charge in [-0.1, -0.05) is 0 Å². The van der Waals surface area contributed by atoms with E-state index < -0.39 is 10.2 Å². The molecule has 0 N–H and O–H groups in total. The van der Waals surface area contributed by atoms with Gasteiger partial charge in [0.25, 0.3) is 0 Å². The van der Waals surface area contributed by atoms with Crippen LogP contribution in [0.15, 0.2) is 91.0 Å². The van der Waals surface area contributed by atoms with Crippen LogP contribution in [0.3, 0.4) is 0 Å². The van der Waals surface area contributed by atoms with E-state index in [1.54, 1.807) is 0 Å². The van der Waals surface area contributed by atoms with Crippen LogP contribution in [0.25, 0.3) is 0 Å². The average Bonchev–Trinajstić information content (AvgIpc) is 2.59. The van der Waals surface area contributed by atoms with Crippen molar-refractivity contribution in [2.75, 3.05) is 0 Å². The minimum absolute atomic E-state index is 0.0968. The predicted octanol–water partition coefficient (Wildman–Crippen LogP) is 0.0524. The van der Waals surface area contributed by atoms with Crippen LogP contribution >= 0.6 is 12.7 Å². The Labute approximate surface area is 142 Å². The molecular weight excluding hydrogens is 498 g/mol. The molecule has 0 bridgehead atoms. The van der Waals surface area contributed by atoms with Gasteiger partial charge in [-0.15, -0.1) is 0 Å². The van der Waals surface area contributed by atoms with Crippen LogP contribution in [0.5, 0.6) is 0 Å². The number of rotatable bonds is 4. The summed E-state index contributed by atoms with van der Waals surface area (Å²) in [6.45, 7) is 0. The molecule has 0 aliphatic heterocycles. The van der Waals surface area contributed by atoms with E-state index in [0.29, 0.717) is 0 Å². The first kappa shape index (κ1) is 15.3. The van der Waals surface area contributed by atoms with Crippen LogP contribution in [0.4, 0.5) is 0 Å². The van der Waals surface area contributed by atoms with Gasteiger partial charge in [-0.2, -0.15) is 0 Å². The Kier molecular flexibility index (Phi) is 5.20. The van der Waals surface area contributed by atoms with E-state index in [2.05, 4.69) is 104 Å². The summed E-state index contributed by atoms with van der Waals surface area (Å²) < 4.78 is 4.58. The van der Waals surface area contributed by atoms with Crippen molar-refractivity contribution >= 4 is 35.9 Å². The molecule has 21 heavy (non-hydrogen) atoms. The first-order valence-corrected chi connectivity index (χ1v) is 20.1. The minimum atomic E-state index is -2.30. The van der Waals surface area contributed by atoms with Crippen molar-refractivity contribution in [3.8, 4) is 0 Å². The molecule has 3 aromatic carbocycles. The average molecular weight is 513 g/mol. The molecule has 0 fully saturated rings. The van der Waals surface area contributed by atoms with E-state index in [4.69, 9.17) is 0 Å². The molecule has 3 rings (SSSR count). The molecule has 0 nitrogen and oxygen atoms in total. The maximum atomic E-state index is 3.97. The molecule has 0 heterocycles. The predicted molar refractivity (Wildman–Crippen MR) is 92.9 cm³/mol. The van der Waals surface area contributed by atoms with E-state index >= 15 is 0 Å². The van der Waals surface area contributed by atoms with Crippen molar-refractivity contribution in [2.24, 2.45) is 0 Å². The van der Waals surface area contributed by atoms with Crippen molar-refractivity contribution in [1.29, 1.82) is 0 Å². The SMILES string of the molecule is Br[I-][As+](c1ccccc1)(c1ccccc1)c1ccccc1. The van der Waals surface area contributed by atoms with E-state index in [1.165, 1.54) is 13.1 Å². The topological polar surface area (TPSA) is 0 Å². The zero-order chi connectivity index (χ0) is 14.5. The molecule has 0 radical (unpaired) electrons. The van der Waals surface area contributed by atoms with Gasteiger partial charge in [0, 0.05) is 0 Å². The van der Waals surface area contributed by atoms with Crippen LogP contribution in [0.1, 0.15) is 0 Å². The van der Waals surface area contributed by atoms with Crippen molar-refractivity contribution in [3.63, 3.8) is 0 Å². The van der Waals surface area contributed by atoms with E-state index in [9.17, 15) is 0 Å². The summed E-state index contributed by atoms with van der Waals surface area (Å²) in [7, 11) is -2.30. The fourth-order valence-electron chi connectivity index (χ4n) is 2.46. The Hall–Kier alpha value is -0.572. The van der Waals surface area contributed by atoms with E-state index in [0.717, 1.165) is 0 Å². The third-order valence-electron chi connectivity index (χ3n) is 3.43. The fraction of sp³-hybridized carbons (Fsp3) is 0. The molecule has 0 aliphatic rings. The second-order valence-electron chi connectivity index (χ2n) is 4.66. The Morgan fingerprint density at radius 1 is 0.524 bits per heavy atom. The number of hydrogen-bond acceptors (Lipinski definition) is 0. The number of hydrogen-bond donors (Lipinski definition) is 0. The molecule has 0 amide bonds. The van der Waals surface area contributed by atoms with Crippen molar-refractivity contribution < 1.29 is 16.5 Å². The summed E-state index contributed by atoms with van der Waals surface area (Å²) in [6.07, 6.45) is 0. The van der Waals surface area contributed by atoms with Crippen LogP contribution in [-0.4, -0.2) is 10.2 Å². The Morgan fingerprint density at radius 2 is 0.810 bits per heavy atom. The van der Waals surface area contributed by atoms with Crippen LogP contribution < -0.4 is 29.6 Å². The molecule has 106 valence electrons. The summed E-state index contributed by atoms with van der Waals surface area (Å²) in [5.41, 5.74) is 0. The van der Waals surface area contributed by atoms with Crippen LogP contribution in [0, 0.1) is 0 Å². The summed E-state index contributed by atoms with van der Waals surface area (Å²) in [6, 6.07) is 33.2. The van der Waals surface area contributed by atoms with Gasteiger partial charge in [0.15, 0.2) is 0 Å². The van der Waals surface area contributed by atoms with Gasteiger partial charge in [0.05, 0.1) is 0 Å². The summed E-state index contributed by atoms with van der Waals surface area (Å²) in [5.74, 6) is 0. The van der Waals surface area contributed by atoms with Crippen molar-refractivity contribution in [2.45, 2.75) is 0 Å². The zero-order valence-electron chi connectivity index (χ0n) is 11.4. The molecular formula is C18H15AsBrI. The molecule has 3 heteroatoms. The summed E-state index contributed by atoms with van der Waals surface area (Å²) in [4.78, 5) is 0. The molecule has 0 unspecified atom stereocenters. The third-order valence-corrected chi connectivity index (χ3v) is 35.7. The fourth-order valence-corrected chi connectivity index (χ4v) is 32.9. The first-order valence-electron chi connectivity index (χ1n) is 6.71. The summed E-state index contributed by atoms with van der Waals surface area (Å²) >= 11 is 3.87. The van der Waals surface area contributed by atoms with Crippen LogP contribution in [-0.2, 0) is 0 Å². The van der Waals surface area contributed by atoms with Gasteiger partial charge < -0.3 is 0 Å². The third kappa shape index (κ3) is 2.99. The second-order valence-corrected chi connectivity index (χ2v) is 29.4. The van der Waals surface area contributed by atoms with Gasteiger partial charge in [-0.25, -0.2) is 0 Å². The van der Waals surface area contributed by atoms with E-state index in [-0.39, 0.29) is 16.5 Å². The monoisotopic (exact) mass is 512 g/mol. The Morgan fingerprint density at radius 3 is 1.05 bits per heavy atom. The van der Waals surface area contributed by atoms with Crippen molar-refractivity contribution in [3.05, 3.63) is 91.0 Å². The molecule has 0 saturated heterocycles. The van der Waals surface area contributed by atoms with Gasteiger partial charge in [0.1, 0.15) is 0 Å². The van der Waals surface area contributed by atoms with Crippen molar-refractivity contribution in [1.82, 2.24) is 0 Å². The normalized spacial score (nSPS) is 11.5. The maximum absolute atomic E-state index is 3.97. The second kappa shape index (κ2) is 7.13. The molecule has 0 atom stereocenters. The van der Waals surface area contributed by atoms with Gasteiger partial charge >= 0.3 is 143 Å². The van der Waals surface area contributed by atoms with Gasteiger partial charge in [-0.3, -0.25) is 0 Å². The number of benzene rings is 3. The van der Waals surface area contributed by atoms with E-state index in [1.807, 2.05) is 0 Å². The Bertz CT molecular complexity index is 590. The first-order chi connectivity index (χ1) is 10.4. The molecule has 0 spiro atoms. The molecule has 3 aromatic rings. The standard InChI is InChI=1S/C18H15AsBrI/c20-21-19(16-10-4-1-5-11-16,17-12-6-2-7-13-17)18-14-8-3-9-15-18/h1-15H. The van der Waals surface area contributed by atoms with Gasteiger partial charge in [-0.05, 0) is 0 Å². The zero-order valence-corrected chi connectivity index (χ0v) is 17.0. The molecule has 0 aliphatic carbocycles. The molecule has 0 saturated carbocycles. The van der Waals surface area contributed by atoms with Gasteiger partial charge in [0.2, 0.25) is 0 Å². The molecule has 0 aromatic heterocycles. The van der Waals surface area contributed by atoms with Crippen LogP contribution in [0.2, 0.25) is 0 Å².